The zero-order valence-electron chi connectivity index (χ0n) is 13.1. The van der Waals surface area contributed by atoms with Gasteiger partial charge in [-0.05, 0) is 44.6 Å². The summed E-state index contributed by atoms with van der Waals surface area (Å²) in [5.74, 6) is 1.07. The van der Waals surface area contributed by atoms with Gasteiger partial charge in [-0.2, -0.15) is 5.10 Å². The Hall–Kier alpha value is -0.920. The van der Waals surface area contributed by atoms with Gasteiger partial charge in [0, 0.05) is 24.3 Å². The second kappa shape index (κ2) is 6.89. The second-order valence-electron chi connectivity index (χ2n) is 5.98. The summed E-state index contributed by atoms with van der Waals surface area (Å²) in [7, 11) is -3.54. The molecule has 1 unspecified atom stereocenters. The van der Waals surface area contributed by atoms with Crippen LogP contribution in [0.15, 0.2) is 5.03 Å². The van der Waals surface area contributed by atoms with Crippen LogP contribution in [0, 0.1) is 18.8 Å². The van der Waals surface area contributed by atoms with Crippen molar-refractivity contribution in [2.75, 3.05) is 13.1 Å². The third kappa shape index (κ3) is 4.28. The van der Waals surface area contributed by atoms with Crippen molar-refractivity contribution in [3.63, 3.8) is 0 Å². The lowest BCUT2D eigenvalue weighted by atomic mass is 10.1. The second-order valence-corrected chi connectivity index (χ2v) is 7.66. The smallest absolute Gasteiger partial charge is 0.260 e. The molecule has 1 aliphatic carbocycles. The number of sulfonamides is 1. The minimum absolute atomic E-state index is 0.131. The topological polar surface area (TPSA) is 86.9 Å². The molecule has 2 rings (SSSR count). The van der Waals surface area contributed by atoms with E-state index in [-0.39, 0.29) is 5.03 Å². The lowest BCUT2D eigenvalue weighted by molar-refractivity contribution is 0.490. The molecule has 21 heavy (non-hydrogen) atoms. The molecule has 6 nitrogen and oxygen atoms in total. The fraction of sp³-hybridized carbons (Fsp3) is 0.786. The van der Waals surface area contributed by atoms with E-state index in [1.807, 2.05) is 6.92 Å². The molecule has 1 aromatic rings. The Morgan fingerprint density at radius 2 is 2.14 bits per heavy atom. The molecule has 0 aromatic carbocycles. The predicted molar refractivity (Wildman–Crippen MR) is 82.4 cm³/mol. The van der Waals surface area contributed by atoms with E-state index in [1.165, 1.54) is 12.8 Å². The molecule has 7 heteroatoms. The average molecular weight is 314 g/mol. The van der Waals surface area contributed by atoms with Crippen LogP contribution in [-0.4, -0.2) is 31.7 Å². The fourth-order valence-corrected chi connectivity index (χ4v) is 3.73. The molecule has 0 radical (unpaired) electrons. The Morgan fingerprint density at radius 1 is 1.43 bits per heavy atom. The monoisotopic (exact) mass is 314 g/mol. The summed E-state index contributed by atoms with van der Waals surface area (Å²) in [5.41, 5.74) is 1.53. The SMILES string of the molecule is CCCNCc1c(S(=O)(=O)NCC(C)C2CC2)n[nH]c1C. The van der Waals surface area contributed by atoms with Crippen molar-refractivity contribution in [1.29, 1.82) is 0 Å². The van der Waals surface area contributed by atoms with Crippen LogP contribution in [0.3, 0.4) is 0 Å². The summed E-state index contributed by atoms with van der Waals surface area (Å²) in [6.45, 7) is 7.89. The number of hydrogen-bond acceptors (Lipinski definition) is 4. The molecular weight excluding hydrogens is 288 g/mol. The normalized spacial score (nSPS) is 17.1. The summed E-state index contributed by atoms with van der Waals surface area (Å²) in [5, 5.41) is 10.1. The zero-order valence-corrected chi connectivity index (χ0v) is 13.9. The Morgan fingerprint density at radius 3 is 2.76 bits per heavy atom. The van der Waals surface area contributed by atoms with E-state index in [2.05, 4.69) is 34.1 Å². The van der Waals surface area contributed by atoms with Crippen molar-refractivity contribution in [2.24, 2.45) is 11.8 Å². The van der Waals surface area contributed by atoms with E-state index in [0.29, 0.717) is 24.9 Å². The number of aromatic nitrogens is 2. The molecule has 0 spiro atoms. The predicted octanol–water partition coefficient (Wildman–Crippen LogP) is 1.54. The van der Waals surface area contributed by atoms with E-state index in [1.54, 1.807) is 0 Å². The summed E-state index contributed by atoms with van der Waals surface area (Å²) in [6, 6.07) is 0. The number of aryl methyl sites for hydroxylation is 1. The molecule has 120 valence electrons. The van der Waals surface area contributed by atoms with Crippen LogP contribution in [0.25, 0.3) is 0 Å². The van der Waals surface area contributed by atoms with E-state index < -0.39 is 10.0 Å². The van der Waals surface area contributed by atoms with E-state index in [4.69, 9.17) is 0 Å². The number of rotatable bonds is 9. The maximum Gasteiger partial charge on any atom is 0.260 e. The lowest BCUT2D eigenvalue weighted by Gasteiger charge is -2.12. The number of aromatic amines is 1. The van der Waals surface area contributed by atoms with E-state index in [9.17, 15) is 8.42 Å². The van der Waals surface area contributed by atoms with Crippen LogP contribution in [0.2, 0.25) is 0 Å². The van der Waals surface area contributed by atoms with Gasteiger partial charge in [-0.3, -0.25) is 5.10 Å². The van der Waals surface area contributed by atoms with Crippen LogP contribution in [0.5, 0.6) is 0 Å². The van der Waals surface area contributed by atoms with Crippen molar-refractivity contribution in [2.45, 2.75) is 51.6 Å². The average Bonchev–Trinajstić information content (AvgIpc) is 3.22. The Labute approximate surface area is 127 Å². The molecule has 0 bridgehead atoms. The molecule has 1 heterocycles. The Bertz CT molecular complexity index is 564. The van der Waals surface area contributed by atoms with Crippen molar-refractivity contribution in [1.82, 2.24) is 20.2 Å². The van der Waals surface area contributed by atoms with Gasteiger partial charge in [0.1, 0.15) is 0 Å². The molecule has 1 aliphatic rings. The first-order valence-corrected chi connectivity index (χ1v) is 9.18. The van der Waals surface area contributed by atoms with Gasteiger partial charge < -0.3 is 5.32 Å². The maximum atomic E-state index is 12.4. The molecular formula is C14H26N4O2S. The molecule has 0 aliphatic heterocycles. The standard InChI is InChI=1S/C14H26N4O2S/c1-4-7-15-9-13-11(3)17-18-14(13)21(19,20)16-8-10(2)12-5-6-12/h10,12,15-16H,4-9H2,1-3H3,(H,17,18). The van der Waals surface area contributed by atoms with Crippen LogP contribution < -0.4 is 10.0 Å². The first-order chi connectivity index (χ1) is 9.95. The molecule has 0 amide bonds. The molecule has 1 saturated carbocycles. The van der Waals surface area contributed by atoms with Crippen molar-refractivity contribution in [3.8, 4) is 0 Å². The quantitative estimate of drug-likeness (QED) is 0.603. The minimum atomic E-state index is -3.54. The van der Waals surface area contributed by atoms with E-state index >= 15 is 0 Å². The van der Waals surface area contributed by atoms with E-state index in [0.717, 1.165) is 24.2 Å². The number of nitrogens with zero attached hydrogens (tertiary/aromatic N) is 1. The Kier molecular flexibility index (Phi) is 5.40. The van der Waals surface area contributed by atoms with Gasteiger partial charge in [-0.15, -0.1) is 0 Å². The van der Waals surface area contributed by atoms with Crippen LogP contribution in [0.1, 0.15) is 44.4 Å². The molecule has 0 saturated heterocycles. The number of H-pyrrole nitrogens is 1. The van der Waals surface area contributed by atoms with Gasteiger partial charge in [0.2, 0.25) is 0 Å². The molecule has 1 aromatic heterocycles. The maximum absolute atomic E-state index is 12.4. The lowest BCUT2D eigenvalue weighted by Crippen LogP contribution is -2.30. The summed E-state index contributed by atoms with van der Waals surface area (Å²) < 4.78 is 27.6. The highest BCUT2D eigenvalue weighted by molar-refractivity contribution is 7.89. The summed E-state index contributed by atoms with van der Waals surface area (Å²) >= 11 is 0. The van der Waals surface area contributed by atoms with Gasteiger partial charge in [0.15, 0.2) is 5.03 Å². The van der Waals surface area contributed by atoms with Gasteiger partial charge >= 0.3 is 0 Å². The molecule has 1 fully saturated rings. The minimum Gasteiger partial charge on any atom is -0.313 e. The highest BCUT2D eigenvalue weighted by atomic mass is 32.2. The Balaban J connectivity index is 2.04. The zero-order chi connectivity index (χ0) is 15.5. The number of nitrogens with one attached hydrogen (secondary N) is 3. The molecule has 3 N–H and O–H groups in total. The fourth-order valence-electron chi connectivity index (χ4n) is 2.39. The van der Waals surface area contributed by atoms with Crippen molar-refractivity contribution in [3.05, 3.63) is 11.3 Å². The first-order valence-electron chi connectivity index (χ1n) is 7.70. The van der Waals surface area contributed by atoms with Crippen LogP contribution in [0.4, 0.5) is 0 Å². The van der Waals surface area contributed by atoms with Crippen LogP contribution in [-0.2, 0) is 16.6 Å². The van der Waals surface area contributed by atoms with Crippen molar-refractivity contribution < 1.29 is 8.42 Å². The van der Waals surface area contributed by atoms with Gasteiger partial charge in [0.25, 0.3) is 10.0 Å². The summed E-state index contributed by atoms with van der Waals surface area (Å²) in [4.78, 5) is 0. The van der Waals surface area contributed by atoms with Gasteiger partial charge in [-0.1, -0.05) is 13.8 Å². The highest BCUT2D eigenvalue weighted by Crippen LogP contribution is 2.36. The summed E-state index contributed by atoms with van der Waals surface area (Å²) in [6.07, 6.45) is 3.45. The third-order valence-corrected chi connectivity index (χ3v) is 5.43. The first kappa shape index (κ1) is 16.5. The van der Waals surface area contributed by atoms with Crippen LogP contribution >= 0.6 is 0 Å². The largest absolute Gasteiger partial charge is 0.313 e. The van der Waals surface area contributed by atoms with Gasteiger partial charge in [0.05, 0.1) is 0 Å². The third-order valence-electron chi connectivity index (χ3n) is 4.04. The van der Waals surface area contributed by atoms with Crippen molar-refractivity contribution >= 4 is 10.0 Å². The molecule has 1 atom stereocenters. The number of hydrogen-bond donors (Lipinski definition) is 3. The highest BCUT2D eigenvalue weighted by Gasteiger charge is 2.30. The van der Waals surface area contributed by atoms with Gasteiger partial charge in [-0.25, -0.2) is 13.1 Å².